The predicted octanol–water partition coefficient (Wildman–Crippen LogP) is 3.61. The van der Waals surface area contributed by atoms with Crippen molar-refractivity contribution in [1.29, 1.82) is 0 Å². The summed E-state index contributed by atoms with van der Waals surface area (Å²) < 4.78 is 7.26. The van der Waals surface area contributed by atoms with Crippen LogP contribution in [0.15, 0.2) is 42.7 Å². The molecule has 0 fully saturated rings. The van der Waals surface area contributed by atoms with E-state index >= 15 is 0 Å². The molecule has 1 N–H and O–H groups in total. The highest BCUT2D eigenvalue weighted by Crippen LogP contribution is 2.26. The molecule has 0 unspecified atom stereocenters. The Morgan fingerprint density at radius 2 is 2.19 bits per heavy atom. The summed E-state index contributed by atoms with van der Waals surface area (Å²) in [6.45, 7) is 2.57. The molecule has 0 aliphatic carbocycles. The third-order valence-electron chi connectivity index (χ3n) is 3.03. The second-order valence-electron chi connectivity index (χ2n) is 4.46. The van der Waals surface area contributed by atoms with Crippen LogP contribution in [0.4, 0.5) is 11.5 Å². The highest BCUT2D eigenvalue weighted by Gasteiger charge is 2.05. The molecule has 0 radical (unpaired) electrons. The van der Waals surface area contributed by atoms with Crippen molar-refractivity contribution in [2.45, 2.75) is 12.8 Å². The van der Waals surface area contributed by atoms with E-state index in [4.69, 9.17) is 16.3 Å². The maximum absolute atomic E-state index is 5.97. The molecule has 21 heavy (non-hydrogen) atoms. The number of nitrogens with one attached hydrogen (secondary N) is 1. The van der Waals surface area contributed by atoms with Crippen LogP contribution < -0.4 is 10.1 Å². The number of hydrogen-bond acceptors (Lipinski definition) is 4. The lowest BCUT2D eigenvalue weighted by Gasteiger charge is -2.11. The second-order valence-corrected chi connectivity index (χ2v) is 4.73. The van der Waals surface area contributed by atoms with Crippen LogP contribution in [0, 0.1) is 0 Å². The first-order chi connectivity index (χ1) is 10.3. The Balaban J connectivity index is 1.86. The van der Waals surface area contributed by atoms with Crippen molar-refractivity contribution in [2.24, 2.45) is 0 Å². The van der Waals surface area contributed by atoms with Gasteiger partial charge in [0.15, 0.2) is 5.65 Å². The van der Waals surface area contributed by atoms with Crippen molar-refractivity contribution in [3.63, 3.8) is 0 Å². The quantitative estimate of drug-likeness (QED) is 0.732. The van der Waals surface area contributed by atoms with Crippen LogP contribution in [0.3, 0.4) is 0 Å². The van der Waals surface area contributed by atoms with Gasteiger partial charge in [0.1, 0.15) is 11.6 Å². The van der Waals surface area contributed by atoms with Gasteiger partial charge in [0.2, 0.25) is 0 Å². The van der Waals surface area contributed by atoms with Gasteiger partial charge in [-0.25, -0.2) is 9.50 Å². The predicted molar refractivity (Wildman–Crippen MR) is 83.4 cm³/mol. The molecule has 0 aliphatic rings. The molecular formula is C15H15ClN4O. The van der Waals surface area contributed by atoms with Gasteiger partial charge in [-0.2, -0.15) is 5.10 Å². The van der Waals surface area contributed by atoms with Crippen LogP contribution >= 0.6 is 11.6 Å². The number of alkyl halides is 1. The number of aromatic nitrogens is 3. The number of ether oxygens (including phenoxy) is 1. The van der Waals surface area contributed by atoms with Gasteiger partial charge in [0.25, 0.3) is 0 Å². The summed E-state index contributed by atoms with van der Waals surface area (Å²) in [7, 11) is 0. The molecule has 2 heterocycles. The van der Waals surface area contributed by atoms with E-state index in [9.17, 15) is 0 Å². The average Bonchev–Trinajstić information content (AvgIpc) is 2.96. The largest absolute Gasteiger partial charge is 0.494 e. The van der Waals surface area contributed by atoms with Crippen molar-refractivity contribution in [1.82, 2.24) is 14.6 Å². The lowest BCUT2D eigenvalue weighted by Crippen LogP contribution is -1.99. The zero-order valence-corrected chi connectivity index (χ0v) is 12.3. The van der Waals surface area contributed by atoms with Gasteiger partial charge in [-0.3, -0.25) is 0 Å². The normalized spacial score (nSPS) is 10.8. The van der Waals surface area contributed by atoms with Crippen LogP contribution in [0.1, 0.15) is 12.5 Å². The minimum absolute atomic E-state index is 0.403. The maximum atomic E-state index is 5.97. The van der Waals surface area contributed by atoms with Crippen LogP contribution in [0.2, 0.25) is 0 Å². The van der Waals surface area contributed by atoms with Crippen molar-refractivity contribution < 1.29 is 4.74 Å². The molecule has 108 valence electrons. The summed E-state index contributed by atoms with van der Waals surface area (Å²) in [5, 5.41) is 7.38. The molecule has 0 spiro atoms. The zero-order chi connectivity index (χ0) is 14.7. The molecule has 0 amide bonds. The number of rotatable bonds is 5. The number of fused-ring (bicyclic) bond motifs is 1. The van der Waals surface area contributed by atoms with Crippen LogP contribution in [-0.2, 0) is 5.88 Å². The standard InChI is InChI=1S/C15H15ClN4O/c1-2-21-13-4-3-12(9-11(13)10-16)18-14-6-8-20-15(19-14)5-7-17-20/h3-9H,2,10H2,1H3,(H,18,19). The van der Waals surface area contributed by atoms with Gasteiger partial charge in [-0.1, -0.05) is 0 Å². The van der Waals surface area contributed by atoms with Crippen molar-refractivity contribution in [3.8, 4) is 5.75 Å². The summed E-state index contributed by atoms with van der Waals surface area (Å²) in [5.41, 5.74) is 2.67. The molecule has 0 saturated carbocycles. The minimum Gasteiger partial charge on any atom is -0.494 e. The van der Waals surface area contributed by atoms with Crippen LogP contribution in [0.5, 0.6) is 5.75 Å². The smallest absolute Gasteiger partial charge is 0.157 e. The fourth-order valence-corrected chi connectivity index (χ4v) is 2.30. The topological polar surface area (TPSA) is 51.5 Å². The first-order valence-electron chi connectivity index (χ1n) is 6.69. The SMILES string of the molecule is CCOc1ccc(Nc2ccn3nccc3n2)cc1CCl. The van der Waals surface area contributed by atoms with E-state index in [0.717, 1.165) is 28.5 Å². The molecule has 2 aromatic heterocycles. The number of nitrogens with zero attached hydrogens (tertiary/aromatic N) is 3. The molecule has 0 bridgehead atoms. The molecule has 6 heteroatoms. The Hall–Kier alpha value is -2.27. The summed E-state index contributed by atoms with van der Waals surface area (Å²) in [6, 6.07) is 9.56. The van der Waals surface area contributed by atoms with Crippen molar-refractivity contribution in [3.05, 3.63) is 48.3 Å². The van der Waals surface area contributed by atoms with Gasteiger partial charge in [0, 0.05) is 23.5 Å². The van der Waals surface area contributed by atoms with Crippen LogP contribution in [-0.4, -0.2) is 21.2 Å². The van der Waals surface area contributed by atoms with Crippen molar-refractivity contribution >= 4 is 28.8 Å². The van der Waals surface area contributed by atoms with E-state index in [1.807, 2.05) is 43.5 Å². The molecule has 5 nitrogen and oxygen atoms in total. The Morgan fingerprint density at radius 1 is 1.29 bits per heavy atom. The molecule has 3 aromatic rings. The van der Waals surface area contributed by atoms with E-state index in [1.165, 1.54) is 0 Å². The summed E-state index contributed by atoms with van der Waals surface area (Å²) >= 11 is 5.97. The van der Waals surface area contributed by atoms with E-state index in [-0.39, 0.29) is 0 Å². The van der Waals surface area contributed by atoms with Gasteiger partial charge in [0.05, 0.1) is 18.7 Å². The molecule has 0 atom stereocenters. The third kappa shape index (κ3) is 2.92. The van der Waals surface area contributed by atoms with E-state index in [1.54, 1.807) is 10.7 Å². The first kappa shape index (κ1) is 13.7. The lowest BCUT2D eigenvalue weighted by molar-refractivity contribution is 0.337. The Bertz CT molecular complexity index is 756. The molecule has 3 rings (SSSR count). The third-order valence-corrected chi connectivity index (χ3v) is 3.32. The highest BCUT2D eigenvalue weighted by atomic mass is 35.5. The highest BCUT2D eigenvalue weighted by molar-refractivity contribution is 6.17. The average molecular weight is 303 g/mol. The molecular weight excluding hydrogens is 288 g/mol. The number of hydrogen-bond donors (Lipinski definition) is 1. The fraction of sp³-hybridized carbons (Fsp3) is 0.200. The Morgan fingerprint density at radius 3 is 3.00 bits per heavy atom. The Labute approximate surface area is 127 Å². The lowest BCUT2D eigenvalue weighted by atomic mass is 10.2. The fourth-order valence-electron chi connectivity index (χ4n) is 2.09. The minimum atomic E-state index is 0.403. The summed E-state index contributed by atoms with van der Waals surface area (Å²) in [4.78, 5) is 4.47. The molecule has 0 aliphatic heterocycles. The summed E-state index contributed by atoms with van der Waals surface area (Å²) in [5.74, 6) is 1.98. The zero-order valence-electron chi connectivity index (χ0n) is 11.6. The first-order valence-corrected chi connectivity index (χ1v) is 7.22. The molecule has 1 aromatic carbocycles. The van der Waals surface area contributed by atoms with Gasteiger partial charge >= 0.3 is 0 Å². The maximum Gasteiger partial charge on any atom is 0.157 e. The van der Waals surface area contributed by atoms with Gasteiger partial charge in [-0.15, -0.1) is 11.6 Å². The summed E-state index contributed by atoms with van der Waals surface area (Å²) in [6.07, 6.45) is 3.58. The second kappa shape index (κ2) is 6.01. The number of anilines is 2. The molecule has 0 saturated heterocycles. The van der Waals surface area contributed by atoms with Gasteiger partial charge in [-0.05, 0) is 31.2 Å². The van der Waals surface area contributed by atoms with Gasteiger partial charge < -0.3 is 10.1 Å². The van der Waals surface area contributed by atoms with Crippen molar-refractivity contribution in [2.75, 3.05) is 11.9 Å². The van der Waals surface area contributed by atoms with E-state index in [0.29, 0.717) is 12.5 Å². The monoisotopic (exact) mass is 302 g/mol. The van der Waals surface area contributed by atoms with Crippen LogP contribution in [0.25, 0.3) is 5.65 Å². The Kier molecular flexibility index (Phi) is 3.92. The number of benzene rings is 1. The number of halogens is 1. The van der Waals surface area contributed by atoms with E-state index in [2.05, 4.69) is 15.4 Å². The van der Waals surface area contributed by atoms with E-state index < -0.39 is 0 Å².